The van der Waals surface area contributed by atoms with Crippen LogP contribution in [0.1, 0.15) is 56.2 Å². The van der Waals surface area contributed by atoms with Crippen LogP contribution in [0.15, 0.2) is 18.3 Å². The fourth-order valence-corrected chi connectivity index (χ4v) is 8.47. The van der Waals surface area contributed by atoms with Gasteiger partial charge in [-0.15, -0.1) is 0 Å². The lowest BCUT2D eigenvalue weighted by Gasteiger charge is -2.54. The Hall–Kier alpha value is -2.87. The minimum Gasteiger partial charge on any atom is -0.364 e. The van der Waals surface area contributed by atoms with Crippen molar-refractivity contribution in [3.05, 3.63) is 34.7 Å². The van der Waals surface area contributed by atoms with Gasteiger partial charge >= 0.3 is 0 Å². The third-order valence-electron chi connectivity index (χ3n) is 9.75. The van der Waals surface area contributed by atoms with Gasteiger partial charge in [-0.05, 0) is 66.9 Å². The first-order chi connectivity index (χ1) is 17.4. The number of nitrogens with two attached hydrogens (primary N) is 1. The molecular formula is C28H34ClN5O3. The van der Waals surface area contributed by atoms with E-state index in [1.54, 1.807) is 25.4 Å². The fraction of sp³-hybridized carbons (Fsp3) is 0.571. The quantitative estimate of drug-likeness (QED) is 0.551. The van der Waals surface area contributed by atoms with Crippen LogP contribution in [-0.4, -0.2) is 34.3 Å². The Labute approximate surface area is 221 Å². The summed E-state index contributed by atoms with van der Waals surface area (Å²) in [5.74, 6) is 1.84. The molecule has 37 heavy (non-hydrogen) atoms. The number of aromatic nitrogens is 2. The van der Waals surface area contributed by atoms with Crippen molar-refractivity contribution < 1.29 is 14.4 Å². The van der Waals surface area contributed by atoms with Gasteiger partial charge < -0.3 is 20.9 Å². The molecule has 0 aromatic carbocycles. The molecule has 3 heterocycles. The lowest BCUT2D eigenvalue weighted by atomic mass is 9.50. The molecule has 0 spiro atoms. The summed E-state index contributed by atoms with van der Waals surface area (Å²) in [4.78, 5) is 42.4. The summed E-state index contributed by atoms with van der Waals surface area (Å²) in [5.41, 5.74) is 8.28. The number of anilines is 1. The molecule has 2 aromatic heterocycles. The molecule has 3 amide bonds. The maximum Gasteiger partial charge on any atom is 0.265 e. The standard InChI is InChI=1S/C28H34ClN5O3/c1-27(2)10-21-15(7-20(24(30)35)34(21)12-27)14-8-22(32-11-19(14)29)33-26(37)28(3)9-18-16-5-13(25(36)31-4)6-17(18)23(16)28/h7-8,11,13,16-18,23H,5-6,9-10,12H2,1-4H3,(H2,30,35)(H,31,36)(H,32,33,37)/t13?,16-,17+,18?,23?,28?. The molecule has 5 saturated carbocycles. The average molecular weight is 524 g/mol. The van der Waals surface area contributed by atoms with Gasteiger partial charge in [0.25, 0.3) is 5.91 Å². The number of pyridine rings is 1. The van der Waals surface area contributed by atoms with Crippen molar-refractivity contribution in [1.29, 1.82) is 0 Å². The summed E-state index contributed by atoms with van der Waals surface area (Å²) in [7, 11) is 1.69. The molecule has 0 saturated heterocycles. The number of primary amides is 1. The normalized spacial score (nSPS) is 32.4. The van der Waals surface area contributed by atoms with Crippen LogP contribution in [0.3, 0.4) is 0 Å². The maximum atomic E-state index is 13.6. The van der Waals surface area contributed by atoms with Gasteiger partial charge in [0.1, 0.15) is 11.5 Å². The molecule has 4 unspecified atom stereocenters. The maximum absolute atomic E-state index is 13.6. The fourth-order valence-electron chi connectivity index (χ4n) is 8.26. The number of carbonyl (C=O) groups is 3. The molecule has 0 radical (unpaired) electrons. The van der Waals surface area contributed by atoms with Crippen molar-refractivity contribution in [1.82, 2.24) is 14.9 Å². The van der Waals surface area contributed by atoms with E-state index in [0.29, 0.717) is 46.8 Å². The molecule has 8 rings (SSSR count). The van der Waals surface area contributed by atoms with Gasteiger partial charge in [-0.25, -0.2) is 4.98 Å². The van der Waals surface area contributed by atoms with Crippen molar-refractivity contribution in [2.45, 2.75) is 53.0 Å². The van der Waals surface area contributed by atoms with E-state index in [9.17, 15) is 14.4 Å². The first kappa shape index (κ1) is 24.5. The third kappa shape index (κ3) is 3.55. The van der Waals surface area contributed by atoms with Crippen LogP contribution >= 0.6 is 11.6 Å². The molecule has 1 aliphatic heterocycles. The number of carbonyl (C=O) groups excluding carboxylic acids is 3. The minimum atomic E-state index is -0.476. The molecule has 4 N–H and O–H groups in total. The predicted octanol–water partition coefficient (Wildman–Crippen LogP) is 3.87. The number of nitrogens with one attached hydrogen (secondary N) is 2. The highest BCUT2D eigenvalue weighted by Crippen LogP contribution is 2.72. The predicted molar refractivity (Wildman–Crippen MR) is 141 cm³/mol. The van der Waals surface area contributed by atoms with Crippen molar-refractivity contribution in [2.75, 3.05) is 12.4 Å². The van der Waals surface area contributed by atoms with Crippen LogP contribution in [-0.2, 0) is 22.6 Å². The molecule has 6 aliphatic rings. The smallest absolute Gasteiger partial charge is 0.265 e. The van der Waals surface area contributed by atoms with Gasteiger partial charge in [-0.2, -0.15) is 0 Å². The summed E-state index contributed by atoms with van der Waals surface area (Å²) in [6.07, 6.45) is 4.94. The summed E-state index contributed by atoms with van der Waals surface area (Å²) in [5, 5.41) is 6.32. The van der Waals surface area contributed by atoms with E-state index in [1.165, 1.54) is 0 Å². The number of amides is 3. The Kier molecular flexibility index (Phi) is 5.33. The summed E-state index contributed by atoms with van der Waals surface area (Å²) in [6.45, 7) is 7.10. The lowest BCUT2D eigenvalue weighted by Crippen LogP contribution is -2.53. The number of rotatable bonds is 5. The summed E-state index contributed by atoms with van der Waals surface area (Å²) < 4.78 is 1.99. The topological polar surface area (TPSA) is 119 Å². The van der Waals surface area contributed by atoms with Gasteiger partial charge in [0.2, 0.25) is 11.8 Å². The molecular weight excluding hydrogens is 490 g/mol. The van der Waals surface area contributed by atoms with Crippen LogP contribution in [0.25, 0.3) is 11.1 Å². The van der Waals surface area contributed by atoms with Crippen LogP contribution < -0.4 is 16.4 Å². The zero-order chi connectivity index (χ0) is 26.4. The molecule has 5 aliphatic carbocycles. The highest BCUT2D eigenvalue weighted by atomic mass is 35.5. The Morgan fingerprint density at radius 1 is 1.11 bits per heavy atom. The van der Waals surface area contributed by atoms with Crippen LogP contribution in [0, 0.1) is 40.4 Å². The van der Waals surface area contributed by atoms with Gasteiger partial charge in [0.15, 0.2) is 0 Å². The molecule has 6 atom stereocenters. The second-order valence-corrected chi connectivity index (χ2v) is 13.0. The highest BCUT2D eigenvalue weighted by molar-refractivity contribution is 6.33. The van der Waals surface area contributed by atoms with E-state index in [1.807, 2.05) is 4.57 Å². The Morgan fingerprint density at radius 2 is 1.81 bits per heavy atom. The molecule has 5 fully saturated rings. The molecule has 4 bridgehead atoms. The van der Waals surface area contributed by atoms with Crippen molar-refractivity contribution in [2.24, 2.45) is 46.2 Å². The summed E-state index contributed by atoms with van der Waals surface area (Å²) in [6, 6.07) is 3.61. The zero-order valence-corrected chi connectivity index (χ0v) is 22.5. The van der Waals surface area contributed by atoms with Crippen LogP contribution in [0.4, 0.5) is 5.82 Å². The highest BCUT2D eigenvalue weighted by Gasteiger charge is 2.70. The van der Waals surface area contributed by atoms with Crippen molar-refractivity contribution in [3.8, 4) is 11.1 Å². The number of nitrogens with zero attached hydrogens (tertiary/aromatic N) is 2. The van der Waals surface area contributed by atoms with Gasteiger partial charge in [-0.3, -0.25) is 14.4 Å². The van der Waals surface area contributed by atoms with Gasteiger partial charge in [0, 0.05) is 42.5 Å². The Bertz CT molecular complexity index is 1340. The SMILES string of the molecule is CNC(=O)C1C[C@@H]2C3CC(C)(C(=O)Nc4cc(-c5cc(C(N)=O)n6c5CC(C)(C)C6)c(Cl)cn4)C2[C@H]3C1. The Balaban J connectivity index is 1.25. The monoisotopic (exact) mass is 523 g/mol. The second-order valence-electron chi connectivity index (χ2n) is 12.6. The molecule has 8 nitrogen and oxygen atoms in total. The van der Waals surface area contributed by atoms with Crippen LogP contribution in [0.5, 0.6) is 0 Å². The van der Waals surface area contributed by atoms with Crippen molar-refractivity contribution >= 4 is 35.1 Å². The van der Waals surface area contributed by atoms with Crippen LogP contribution in [0.2, 0.25) is 5.02 Å². The third-order valence-corrected chi connectivity index (χ3v) is 10.0. The second kappa shape index (κ2) is 8.06. The minimum absolute atomic E-state index is 0.00115. The average Bonchev–Trinajstić information content (AvgIpc) is 3.55. The van der Waals surface area contributed by atoms with E-state index in [0.717, 1.165) is 42.5 Å². The summed E-state index contributed by atoms with van der Waals surface area (Å²) >= 11 is 6.60. The molecule has 2 aromatic rings. The lowest BCUT2D eigenvalue weighted by molar-refractivity contribution is -0.138. The number of hydrogen-bond donors (Lipinski definition) is 3. The van der Waals surface area contributed by atoms with E-state index < -0.39 is 11.3 Å². The zero-order valence-electron chi connectivity index (χ0n) is 21.7. The first-order valence-corrected chi connectivity index (χ1v) is 13.5. The van der Waals surface area contributed by atoms with Crippen molar-refractivity contribution in [3.63, 3.8) is 0 Å². The molecule has 9 heteroatoms. The van der Waals surface area contributed by atoms with E-state index in [4.69, 9.17) is 17.3 Å². The van der Waals surface area contributed by atoms with E-state index in [-0.39, 0.29) is 23.1 Å². The number of halogens is 1. The first-order valence-electron chi connectivity index (χ1n) is 13.1. The van der Waals surface area contributed by atoms with Gasteiger partial charge in [-0.1, -0.05) is 32.4 Å². The number of hydrogen-bond acceptors (Lipinski definition) is 4. The molecule has 196 valence electrons. The number of fused-ring (bicyclic) bond motifs is 4. The van der Waals surface area contributed by atoms with Gasteiger partial charge in [0.05, 0.1) is 10.4 Å². The Morgan fingerprint density at radius 3 is 2.46 bits per heavy atom. The van der Waals surface area contributed by atoms with E-state index >= 15 is 0 Å². The largest absolute Gasteiger partial charge is 0.364 e. The van der Waals surface area contributed by atoms with E-state index in [2.05, 4.69) is 36.4 Å².